The minimum atomic E-state index is -0.856. The third-order valence-electron chi connectivity index (χ3n) is 5.70. The van der Waals surface area contributed by atoms with Gasteiger partial charge in [0.05, 0.1) is 6.54 Å². The molecule has 0 aromatic rings. The van der Waals surface area contributed by atoms with Gasteiger partial charge in [-0.3, -0.25) is 24.2 Å². The summed E-state index contributed by atoms with van der Waals surface area (Å²) in [5.74, 6) is -0.931. The van der Waals surface area contributed by atoms with Crippen LogP contribution in [0, 0.1) is 0 Å². The van der Waals surface area contributed by atoms with E-state index in [1.54, 1.807) is 0 Å². The Kier molecular flexibility index (Phi) is 10.4. The van der Waals surface area contributed by atoms with Gasteiger partial charge in [0.15, 0.2) is 0 Å². The number of amides is 2. The number of rotatable bonds is 12. The molecule has 9 heteroatoms. The van der Waals surface area contributed by atoms with E-state index in [2.05, 4.69) is 32.4 Å². The summed E-state index contributed by atoms with van der Waals surface area (Å²) >= 11 is 0. The van der Waals surface area contributed by atoms with Crippen LogP contribution in [0.5, 0.6) is 0 Å². The van der Waals surface area contributed by atoms with Crippen LogP contribution in [-0.2, 0) is 14.4 Å². The number of hydrogen-bond donors (Lipinski definition) is 3. The lowest BCUT2D eigenvalue weighted by Crippen LogP contribution is -2.50. The number of aliphatic carboxylic acids is 1. The zero-order valence-electron chi connectivity index (χ0n) is 17.7. The highest BCUT2D eigenvalue weighted by molar-refractivity contribution is 5.78. The van der Waals surface area contributed by atoms with Crippen LogP contribution in [0.1, 0.15) is 38.5 Å². The van der Waals surface area contributed by atoms with Crippen LogP contribution in [0.4, 0.5) is 0 Å². The summed E-state index contributed by atoms with van der Waals surface area (Å²) in [6, 6.07) is 0.459. The lowest BCUT2D eigenvalue weighted by atomic mass is 10.2. The Balaban J connectivity index is 1.55. The van der Waals surface area contributed by atoms with Gasteiger partial charge in [-0.25, -0.2) is 0 Å². The number of hydrogen-bond acceptors (Lipinski definition) is 6. The van der Waals surface area contributed by atoms with Gasteiger partial charge >= 0.3 is 5.97 Å². The summed E-state index contributed by atoms with van der Waals surface area (Å²) in [4.78, 5) is 41.5. The number of likely N-dealkylation sites (N-methyl/N-ethyl adjacent to an activating group) is 1. The predicted octanol–water partition coefficient (Wildman–Crippen LogP) is -0.424. The highest BCUT2D eigenvalue weighted by atomic mass is 16.4. The van der Waals surface area contributed by atoms with Crippen LogP contribution in [-0.4, -0.2) is 110 Å². The molecule has 2 rings (SSSR count). The average molecular weight is 425 g/mol. The van der Waals surface area contributed by atoms with Crippen molar-refractivity contribution in [3.05, 3.63) is 0 Å². The Morgan fingerprint density at radius 3 is 2.28 bits per heavy atom. The van der Waals surface area contributed by atoms with E-state index in [9.17, 15) is 14.4 Å². The van der Waals surface area contributed by atoms with Gasteiger partial charge in [-0.2, -0.15) is 0 Å². The fraction of sp³-hybridized carbons (Fsp3) is 0.850. The molecule has 0 aromatic carbocycles. The summed E-state index contributed by atoms with van der Waals surface area (Å²) < 4.78 is 0. The topological polar surface area (TPSA) is 105 Å². The molecule has 0 bridgehead atoms. The first-order valence-electron chi connectivity index (χ1n) is 10.8. The molecule has 0 saturated carbocycles. The minimum absolute atomic E-state index is 0.0251. The normalized spacial score (nSPS) is 21.2. The predicted molar refractivity (Wildman–Crippen MR) is 111 cm³/mol. The molecule has 2 heterocycles. The van der Waals surface area contributed by atoms with Crippen molar-refractivity contribution in [2.75, 3.05) is 66.0 Å². The molecular weight excluding hydrogens is 388 g/mol. The lowest BCUT2D eigenvalue weighted by molar-refractivity contribution is -0.137. The highest BCUT2D eigenvalue weighted by Gasteiger charge is 2.28. The molecule has 2 aliphatic rings. The SMILES string of the molecule is C[15N]1[13CH2][13CH2]N(CC2CCCN2CC(=O)[15NH][13CH2][13CH2][13CH2][13C](=O)[15NH][13CH2][13CH2][13CH2]C(=O)O)[13CH2][13CH2]1. The number of carboxylic acid groups (broad SMARTS) is 1. The third kappa shape index (κ3) is 9.56. The van der Waals surface area contributed by atoms with Crippen LogP contribution in [0.3, 0.4) is 0 Å². The Hall–Kier alpha value is -1.71. The van der Waals surface area contributed by atoms with E-state index in [4.69, 9.17) is 5.11 Å². The molecule has 2 fully saturated rings. The zero-order valence-corrected chi connectivity index (χ0v) is 17.7. The second-order valence-corrected chi connectivity index (χ2v) is 8.17. The number of nitrogens with one attached hydrogen (secondary N) is 2. The summed E-state index contributed by atoms with van der Waals surface area (Å²) in [6.07, 6.45) is 3.71. The molecule has 0 aromatic heterocycles. The third-order valence-corrected chi connectivity index (χ3v) is 5.70. The molecule has 2 amide bonds. The van der Waals surface area contributed by atoms with Crippen LogP contribution >= 0.6 is 0 Å². The Labute approximate surface area is 173 Å². The Bertz CT molecular complexity index is 537. The molecule has 0 aliphatic carbocycles. The minimum Gasteiger partial charge on any atom is -0.481 e. The molecule has 2 saturated heterocycles. The molecule has 0 spiro atoms. The largest absolute Gasteiger partial charge is 0.481 e. The van der Waals surface area contributed by atoms with Crippen molar-refractivity contribution >= 4 is 17.8 Å². The van der Waals surface area contributed by atoms with Gasteiger partial charge in [-0.15, -0.1) is 0 Å². The second-order valence-electron chi connectivity index (χ2n) is 8.17. The zero-order chi connectivity index (χ0) is 21.1. The van der Waals surface area contributed by atoms with Gasteiger partial charge in [0, 0.05) is 64.7 Å². The number of carboxylic acids is 1. The summed E-state index contributed by atoms with van der Waals surface area (Å²) in [5.41, 5.74) is 0. The number of nitrogens with zero attached hydrogens (tertiary/aromatic N) is 3. The number of likely N-dealkylation sites (tertiary alicyclic amines) is 1. The van der Waals surface area contributed by atoms with Gasteiger partial charge < -0.3 is 20.6 Å². The van der Waals surface area contributed by atoms with E-state index < -0.39 is 5.97 Å². The van der Waals surface area contributed by atoms with E-state index in [-0.39, 0.29) is 18.2 Å². The van der Waals surface area contributed by atoms with Crippen molar-refractivity contribution in [1.82, 2.24) is 25.3 Å². The quantitative estimate of drug-likeness (QED) is 0.222. The van der Waals surface area contributed by atoms with E-state index in [0.29, 0.717) is 44.9 Å². The van der Waals surface area contributed by atoms with Gasteiger partial charge in [-0.1, -0.05) is 0 Å². The fourth-order valence-corrected chi connectivity index (χ4v) is 3.91. The molecule has 29 heavy (non-hydrogen) atoms. The van der Waals surface area contributed by atoms with Crippen LogP contribution < -0.4 is 10.6 Å². The maximum atomic E-state index is 12.3. The maximum absolute atomic E-state index is 12.3. The van der Waals surface area contributed by atoms with Crippen LogP contribution in [0.15, 0.2) is 0 Å². The van der Waals surface area contributed by atoms with Crippen molar-refractivity contribution in [3.63, 3.8) is 0 Å². The molecule has 1 atom stereocenters. The summed E-state index contributed by atoms with van der Waals surface area (Å²) in [5, 5.41) is 14.2. The molecule has 166 valence electrons. The lowest BCUT2D eigenvalue weighted by Gasteiger charge is -2.36. The average Bonchev–Trinajstić information content (AvgIpc) is 3.10. The van der Waals surface area contributed by atoms with Gasteiger partial charge in [0.25, 0.3) is 0 Å². The molecule has 0 radical (unpaired) electrons. The summed E-state index contributed by atoms with van der Waals surface area (Å²) in [7, 11) is 2.16. The van der Waals surface area contributed by atoms with E-state index in [0.717, 1.165) is 52.1 Å². The fourth-order valence-electron chi connectivity index (χ4n) is 3.91. The van der Waals surface area contributed by atoms with Crippen LogP contribution in [0.25, 0.3) is 0 Å². The first-order valence-corrected chi connectivity index (χ1v) is 10.8. The Morgan fingerprint density at radius 1 is 0.931 bits per heavy atom. The van der Waals surface area contributed by atoms with E-state index in [1.807, 2.05) is 0 Å². The van der Waals surface area contributed by atoms with Gasteiger partial charge in [0.2, 0.25) is 11.8 Å². The van der Waals surface area contributed by atoms with Crippen molar-refractivity contribution in [2.45, 2.75) is 44.6 Å². The highest BCUT2D eigenvalue weighted by Crippen LogP contribution is 2.18. The van der Waals surface area contributed by atoms with Gasteiger partial charge in [-0.05, 0) is 39.3 Å². The molecule has 2 aliphatic heterocycles. The molecule has 1 unspecified atom stereocenters. The van der Waals surface area contributed by atoms with Crippen molar-refractivity contribution in [3.8, 4) is 0 Å². The molecular formula is C20H37N5O4. The van der Waals surface area contributed by atoms with Gasteiger partial charge in [0.1, 0.15) is 0 Å². The first-order chi connectivity index (χ1) is 13.9. The smallest absolute Gasteiger partial charge is 0.303 e. The summed E-state index contributed by atoms with van der Waals surface area (Å²) in [6.45, 7) is 7.74. The van der Waals surface area contributed by atoms with Crippen molar-refractivity contribution in [1.29, 1.82) is 0 Å². The number of piperazine rings is 1. The van der Waals surface area contributed by atoms with Crippen molar-refractivity contribution < 1.29 is 19.5 Å². The monoisotopic (exact) mass is 425 g/mol. The molecule has 9 nitrogen and oxygen atoms in total. The molecule has 3 N–H and O–H groups in total. The maximum Gasteiger partial charge on any atom is 0.303 e. The standard InChI is InChI=1S/C20H37N5O4/c1-23-11-13-24(14-12-23)15-17-5-4-10-25(17)16-19(27)22-8-2-6-18(26)21-9-3-7-20(28)29/h17H,2-16H2,1H3,(H,21,26)(H,22,27)(H,28,29)/i2+1,3+1,6+1,7+1,8+1,9+1,11+1,12+1,13+1,14+1,18+1,21+1,22+1,23+1. The van der Waals surface area contributed by atoms with E-state index >= 15 is 0 Å². The van der Waals surface area contributed by atoms with E-state index in [1.165, 1.54) is 0 Å². The van der Waals surface area contributed by atoms with Crippen LogP contribution in [0.2, 0.25) is 0 Å². The first kappa shape index (κ1) is 23.6. The second kappa shape index (κ2) is 12.8. The number of carbonyl (C=O) groups excluding carboxylic acids is 2. The van der Waals surface area contributed by atoms with Crippen molar-refractivity contribution in [2.24, 2.45) is 0 Å². The number of carbonyl (C=O) groups is 3. The Morgan fingerprint density at radius 2 is 1.59 bits per heavy atom.